The van der Waals surface area contributed by atoms with E-state index >= 15 is 0 Å². The lowest BCUT2D eigenvalue weighted by molar-refractivity contribution is 0.669. The minimum Gasteiger partial charge on any atom is -0.456 e. The van der Waals surface area contributed by atoms with E-state index in [1.54, 1.807) is 0 Å². The van der Waals surface area contributed by atoms with Gasteiger partial charge in [0, 0.05) is 27.8 Å². The fourth-order valence-corrected chi connectivity index (χ4v) is 12.3. The summed E-state index contributed by atoms with van der Waals surface area (Å²) in [7, 11) is 0. The number of nitrogens with zero attached hydrogens (tertiary/aromatic N) is 1. The van der Waals surface area contributed by atoms with Gasteiger partial charge in [-0.2, -0.15) is 0 Å². The van der Waals surface area contributed by atoms with Gasteiger partial charge < -0.3 is 9.32 Å². The molecular weight excluding hydrogens is 835 g/mol. The quantitative estimate of drug-likeness (QED) is 0.160. The first-order valence-electron chi connectivity index (χ1n) is 23.9. The van der Waals surface area contributed by atoms with Crippen LogP contribution >= 0.6 is 0 Å². The molecule has 0 saturated carbocycles. The predicted molar refractivity (Wildman–Crippen MR) is 288 cm³/mol. The predicted octanol–water partition coefficient (Wildman–Crippen LogP) is 18.2. The molecule has 0 radical (unpaired) electrons. The summed E-state index contributed by atoms with van der Waals surface area (Å²) in [6.45, 7) is 0. The van der Waals surface area contributed by atoms with Crippen molar-refractivity contribution in [2.75, 3.05) is 4.90 Å². The maximum Gasteiger partial charge on any atom is 0.136 e. The molecule has 2 nitrogen and oxygen atoms in total. The molecule has 0 fully saturated rings. The fraction of sp³-hybridized carbons (Fsp3) is 0.0149. The first-order valence-corrected chi connectivity index (χ1v) is 23.9. The van der Waals surface area contributed by atoms with Crippen LogP contribution in [-0.2, 0) is 5.41 Å². The SMILES string of the molecule is c1cc(-c2ccc(N(c3ccc4c(c3)C3(c5ccccc5-c5ccccc53)c3ccccc3-4)c3ccc4c5ccccc5c5ccccc5c4c3)cc2)cc(-c2ccc3c(c2)oc2ccccc23)c1. The average molecular weight is 876 g/mol. The van der Waals surface area contributed by atoms with E-state index in [0.29, 0.717) is 0 Å². The number of rotatable bonds is 5. The highest BCUT2D eigenvalue weighted by Gasteiger charge is 2.51. The van der Waals surface area contributed by atoms with Crippen molar-refractivity contribution in [3.8, 4) is 44.5 Å². The molecule has 0 amide bonds. The molecule has 0 bridgehead atoms. The number of hydrogen-bond donors (Lipinski definition) is 0. The summed E-state index contributed by atoms with van der Waals surface area (Å²) in [5.41, 5.74) is 19.8. The smallest absolute Gasteiger partial charge is 0.136 e. The number of para-hydroxylation sites is 1. The third-order valence-electron chi connectivity index (χ3n) is 15.3. The molecule has 2 heteroatoms. The van der Waals surface area contributed by atoms with Crippen LogP contribution in [0.4, 0.5) is 17.1 Å². The number of furan rings is 1. The Labute approximate surface area is 399 Å². The van der Waals surface area contributed by atoms with Crippen molar-refractivity contribution in [2.24, 2.45) is 0 Å². The summed E-state index contributed by atoms with van der Waals surface area (Å²) < 4.78 is 6.30. The molecule has 1 heterocycles. The van der Waals surface area contributed by atoms with E-state index in [1.165, 1.54) is 76.8 Å². The number of anilines is 3. The van der Waals surface area contributed by atoms with E-state index in [0.717, 1.165) is 61.3 Å². The molecule has 69 heavy (non-hydrogen) atoms. The Morgan fingerprint density at radius 1 is 0.246 bits per heavy atom. The van der Waals surface area contributed by atoms with Crippen LogP contribution in [0, 0.1) is 0 Å². The summed E-state index contributed by atoms with van der Waals surface area (Å²) in [6, 6.07) is 92.0. The van der Waals surface area contributed by atoms with Crippen LogP contribution in [0.25, 0.3) is 98.8 Å². The molecule has 15 rings (SSSR count). The molecule has 0 saturated heterocycles. The van der Waals surface area contributed by atoms with E-state index in [9.17, 15) is 0 Å². The van der Waals surface area contributed by atoms with Gasteiger partial charge in [0.15, 0.2) is 0 Å². The zero-order chi connectivity index (χ0) is 45.2. The largest absolute Gasteiger partial charge is 0.456 e. The van der Waals surface area contributed by atoms with E-state index in [2.05, 4.69) is 241 Å². The van der Waals surface area contributed by atoms with Crippen LogP contribution in [0.3, 0.4) is 0 Å². The van der Waals surface area contributed by atoms with Gasteiger partial charge in [-0.1, -0.05) is 188 Å². The Morgan fingerprint density at radius 2 is 0.681 bits per heavy atom. The molecular formula is C67H41NO. The second-order valence-corrected chi connectivity index (χ2v) is 18.7. The maximum absolute atomic E-state index is 6.30. The molecule has 2 aliphatic rings. The third-order valence-corrected chi connectivity index (χ3v) is 15.3. The molecule has 320 valence electrons. The highest BCUT2D eigenvalue weighted by molar-refractivity contribution is 6.26. The van der Waals surface area contributed by atoms with E-state index in [4.69, 9.17) is 4.42 Å². The molecule has 1 aromatic heterocycles. The fourth-order valence-electron chi connectivity index (χ4n) is 12.3. The second kappa shape index (κ2) is 14.5. The van der Waals surface area contributed by atoms with Crippen molar-refractivity contribution in [2.45, 2.75) is 5.41 Å². The summed E-state index contributed by atoms with van der Waals surface area (Å²) in [5.74, 6) is 0. The highest BCUT2D eigenvalue weighted by atomic mass is 16.3. The third kappa shape index (κ3) is 5.43. The monoisotopic (exact) mass is 875 g/mol. The van der Waals surface area contributed by atoms with E-state index in [-0.39, 0.29) is 0 Å². The van der Waals surface area contributed by atoms with Crippen molar-refractivity contribution < 1.29 is 4.42 Å². The number of benzene rings is 12. The van der Waals surface area contributed by atoms with Gasteiger partial charge in [-0.15, -0.1) is 0 Å². The van der Waals surface area contributed by atoms with Gasteiger partial charge in [-0.3, -0.25) is 0 Å². The molecule has 12 aromatic carbocycles. The van der Waals surface area contributed by atoms with Crippen LogP contribution < -0.4 is 4.90 Å². The first-order chi connectivity index (χ1) is 34.2. The lowest BCUT2D eigenvalue weighted by Gasteiger charge is -2.32. The van der Waals surface area contributed by atoms with Crippen molar-refractivity contribution in [1.82, 2.24) is 0 Å². The minimum absolute atomic E-state index is 0.455. The van der Waals surface area contributed by atoms with Gasteiger partial charge in [0.25, 0.3) is 0 Å². The van der Waals surface area contributed by atoms with Crippen LogP contribution in [0.1, 0.15) is 22.3 Å². The number of hydrogen-bond acceptors (Lipinski definition) is 2. The lowest BCUT2D eigenvalue weighted by atomic mass is 9.70. The summed E-state index contributed by atoms with van der Waals surface area (Å²) in [4.78, 5) is 2.47. The van der Waals surface area contributed by atoms with Crippen molar-refractivity contribution >= 4 is 71.3 Å². The van der Waals surface area contributed by atoms with Gasteiger partial charge >= 0.3 is 0 Å². The van der Waals surface area contributed by atoms with Gasteiger partial charge in [-0.05, 0) is 160 Å². The number of fused-ring (bicyclic) bond motifs is 19. The Hall–Kier alpha value is -8.98. The summed E-state index contributed by atoms with van der Waals surface area (Å²) >= 11 is 0. The minimum atomic E-state index is -0.455. The van der Waals surface area contributed by atoms with Gasteiger partial charge in [0.1, 0.15) is 11.2 Å². The Bertz CT molecular complexity index is 4170. The molecule has 0 atom stereocenters. The van der Waals surface area contributed by atoms with Crippen molar-refractivity contribution in [3.05, 3.63) is 271 Å². The van der Waals surface area contributed by atoms with Crippen LogP contribution in [0.5, 0.6) is 0 Å². The molecule has 2 aliphatic carbocycles. The van der Waals surface area contributed by atoms with Crippen molar-refractivity contribution in [3.63, 3.8) is 0 Å². The second-order valence-electron chi connectivity index (χ2n) is 18.7. The zero-order valence-electron chi connectivity index (χ0n) is 37.5. The van der Waals surface area contributed by atoms with Crippen LogP contribution in [0.2, 0.25) is 0 Å². The van der Waals surface area contributed by atoms with Gasteiger partial charge in [0.2, 0.25) is 0 Å². The van der Waals surface area contributed by atoms with Gasteiger partial charge in [-0.25, -0.2) is 0 Å². The normalized spacial score (nSPS) is 13.0. The Balaban J connectivity index is 0.913. The Kier molecular flexibility index (Phi) is 8.02. The maximum atomic E-state index is 6.30. The Morgan fingerprint density at radius 3 is 1.33 bits per heavy atom. The average Bonchev–Trinajstić information content (AvgIpc) is 4.05. The molecule has 0 N–H and O–H groups in total. The molecule has 13 aromatic rings. The molecule has 0 unspecified atom stereocenters. The van der Waals surface area contributed by atoms with Crippen LogP contribution in [0.15, 0.2) is 253 Å². The standard InChI is InChI=1S/C67H41NO/c1-2-18-51-49(16-1)50-17-3-4-19-52(50)60-40-47(33-36-53(51)60)68(46-31-28-42(29-32-46)43-14-13-15-44(38-43)45-30-35-59-58-23-8-12-27-65(58)69-66(59)39-45)48-34-37-57-56-22-7-11-26-63(56)67(64(57)41-48)61-24-9-5-20-54(61)55-21-6-10-25-62(55)67/h1-41H. The topological polar surface area (TPSA) is 16.4 Å². The first kappa shape index (κ1) is 38.2. The van der Waals surface area contributed by atoms with Gasteiger partial charge in [0.05, 0.1) is 5.41 Å². The highest BCUT2D eigenvalue weighted by Crippen LogP contribution is 2.63. The van der Waals surface area contributed by atoms with E-state index in [1.807, 2.05) is 12.1 Å². The zero-order valence-corrected chi connectivity index (χ0v) is 37.5. The van der Waals surface area contributed by atoms with Crippen molar-refractivity contribution in [1.29, 1.82) is 0 Å². The van der Waals surface area contributed by atoms with E-state index < -0.39 is 5.41 Å². The molecule has 0 aliphatic heterocycles. The molecule has 1 spiro atoms. The van der Waals surface area contributed by atoms with Crippen LogP contribution in [-0.4, -0.2) is 0 Å². The lowest BCUT2D eigenvalue weighted by Crippen LogP contribution is -2.26. The summed E-state index contributed by atoms with van der Waals surface area (Å²) in [6.07, 6.45) is 0. The summed E-state index contributed by atoms with van der Waals surface area (Å²) in [5, 5.41) is 9.85.